The summed E-state index contributed by atoms with van der Waals surface area (Å²) in [7, 11) is 0. The summed E-state index contributed by atoms with van der Waals surface area (Å²) in [6.07, 6.45) is 3.53. The van der Waals surface area contributed by atoms with E-state index in [1.165, 1.54) is 28.8 Å². The van der Waals surface area contributed by atoms with Crippen LogP contribution in [0.15, 0.2) is 24.3 Å². The minimum absolute atomic E-state index is 0.223. The third-order valence-corrected chi connectivity index (χ3v) is 4.85. The first-order valence-electron chi connectivity index (χ1n) is 6.92. The largest absolute Gasteiger partial charge is 0.438 e. The Morgan fingerprint density at radius 1 is 1.14 bits per heavy atom. The Bertz CT molecular complexity index is 844. The lowest BCUT2D eigenvalue weighted by atomic mass is 10.1. The molecule has 0 bridgehead atoms. The summed E-state index contributed by atoms with van der Waals surface area (Å²) in [4.78, 5) is 10.5. The maximum Gasteiger partial charge on any atom is 0.232 e. The third kappa shape index (κ3) is 2.39. The number of thiophene rings is 1. The lowest BCUT2D eigenvalue weighted by molar-refractivity contribution is 0.468. The molecule has 0 fully saturated rings. The first kappa shape index (κ1) is 13.0. The van der Waals surface area contributed by atoms with Crippen molar-refractivity contribution in [2.75, 3.05) is 0 Å². The molecule has 3 nitrogen and oxygen atoms in total. The van der Waals surface area contributed by atoms with Crippen molar-refractivity contribution >= 4 is 33.2 Å². The zero-order chi connectivity index (χ0) is 14.4. The predicted octanol–water partition coefficient (Wildman–Crippen LogP) is 4.93. The molecule has 0 aliphatic heterocycles. The summed E-state index contributed by atoms with van der Waals surface area (Å²) < 4.78 is 5.98. The van der Waals surface area contributed by atoms with Crippen LogP contribution in [0.2, 0.25) is 5.28 Å². The average Bonchev–Trinajstić information content (AvgIpc) is 3.03. The molecule has 3 aromatic rings. The van der Waals surface area contributed by atoms with E-state index >= 15 is 0 Å². The number of halogens is 1. The van der Waals surface area contributed by atoms with Crippen LogP contribution in [0.4, 0.5) is 0 Å². The molecular weight excluding hydrogens is 304 g/mol. The highest BCUT2D eigenvalue weighted by Crippen LogP contribution is 2.34. The molecule has 21 heavy (non-hydrogen) atoms. The molecule has 0 radical (unpaired) electrons. The zero-order valence-corrected chi connectivity index (χ0v) is 13.1. The van der Waals surface area contributed by atoms with Crippen molar-refractivity contribution in [2.45, 2.75) is 26.2 Å². The van der Waals surface area contributed by atoms with Crippen molar-refractivity contribution in [3.63, 3.8) is 0 Å². The van der Waals surface area contributed by atoms with Gasteiger partial charge in [-0.1, -0.05) is 6.07 Å². The van der Waals surface area contributed by atoms with Gasteiger partial charge in [-0.2, -0.15) is 4.98 Å². The quantitative estimate of drug-likeness (QED) is 0.628. The molecule has 1 aliphatic rings. The number of ether oxygens (including phenoxy) is 1. The van der Waals surface area contributed by atoms with Crippen LogP contribution in [-0.4, -0.2) is 9.97 Å². The molecule has 2 heterocycles. The molecular formula is C16H13ClN2OS. The van der Waals surface area contributed by atoms with Gasteiger partial charge in [0.05, 0.1) is 5.39 Å². The highest BCUT2D eigenvalue weighted by molar-refractivity contribution is 7.18. The van der Waals surface area contributed by atoms with Crippen LogP contribution in [0.25, 0.3) is 10.2 Å². The van der Waals surface area contributed by atoms with E-state index < -0.39 is 0 Å². The van der Waals surface area contributed by atoms with Gasteiger partial charge in [0.15, 0.2) is 0 Å². The van der Waals surface area contributed by atoms with Gasteiger partial charge in [-0.3, -0.25) is 0 Å². The van der Waals surface area contributed by atoms with Gasteiger partial charge in [-0.15, -0.1) is 11.3 Å². The molecule has 5 heteroatoms. The molecule has 106 valence electrons. The van der Waals surface area contributed by atoms with Crippen molar-refractivity contribution in [2.24, 2.45) is 0 Å². The minimum atomic E-state index is 0.223. The van der Waals surface area contributed by atoms with E-state index in [-0.39, 0.29) is 5.28 Å². The van der Waals surface area contributed by atoms with Crippen molar-refractivity contribution < 1.29 is 4.74 Å². The summed E-state index contributed by atoms with van der Waals surface area (Å²) in [6, 6.07) is 8.31. The molecule has 0 N–H and O–H groups in total. The molecule has 0 atom stereocenters. The molecule has 0 spiro atoms. The Morgan fingerprint density at radius 3 is 2.90 bits per heavy atom. The number of fused-ring (bicyclic) bond motifs is 2. The average molecular weight is 317 g/mol. The van der Waals surface area contributed by atoms with Crippen LogP contribution in [0, 0.1) is 6.92 Å². The van der Waals surface area contributed by atoms with Crippen molar-refractivity contribution in [3.8, 4) is 11.6 Å². The summed E-state index contributed by atoms with van der Waals surface area (Å²) in [6.45, 7) is 2.04. The van der Waals surface area contributed by atoms with Gasteiger partial charge in [0.25, 0.3) is 0 Å². The molecule has 0 saturated carbocycles. The van der Waals surface area contributed by atoms with Gasteiger partial charge in [-0.05, 0) is 67.1 Å². The molecule has 0 saturated heterocycles. The lowest BCUT2D eigenvalue weighted by Crippen LogP contribution is -1.92. The topological polar surface area (TPSA) is 35.0 Å². The fourth-order valence-corrected chi connectivity index (χ4v) is 3.87. The van der Waals surface area contributed by atoms with Crippen molar-refractivity contribution in [1.82, 2.24) is 9.97 Å². The standard InChI is InChI=1S/C16H13ClN2OS/c1-9-7-13-14(18-16(17)19-15(13)21-9)20-12-6-5-10-3-2-4-11(10)8-12/h5-8H,2-4H2,1H3. The number of aryl methyl sites for hydroxylation is 3. The Morgan fingerprint density at radius 2 is 2.00 bits per heavy atom. The van der Waals surface area contributed by atoms with E-state index in [1.807, 2.05) is 19.1 Å². The Kier molecular flexibility index (Phi) is 3.08. The second-order valence-electron chi connectivity index (χ2n) is 5.26. The number of hydrogen-bond acceptors (Lipinski definition) is 4. The fraction of sp³-hybridized carbons (Fsp3) is 0.250. The maximum atomic E-state index is 6.00. The SMILES string of the molecule is Cc1cc2c(Oc3ccc4c(c3)CCC4)nc(Cl)nc2s1. The van der Waals surface area contributed by atoms with E-state index in [9.17, 15) is 0 Å². The molecule has 1 aromatic carbocycles. The Balaban J connectivity index is 1.77. The second kappa shape index (κ2) is 4.97. The van der Waals surface area contributed by atoms with E-state index in [2.05, 4.69) is 22.1 Å². The number of hydrogen-bond donors (Lipinski definition) is 0. The molecule has 2 aromatic heterocycles. The number of aromatic nitrogens is 2. The van der Waals surface area contributed by atoms with E-state index in [1.54, 1.807) is 11.3 Å². The van der Waals surface area contributed by atoms with Gasteiger partial charge in [0.2, 0.25) is 11.2 Å². The molecule has 0 unspecified atom stereocenters. The fourth-order valence-electron chi connectivity index (χ4n) is 2.79. The van der Waals surface area contributed by atoms with Gasteiger partial charge in [0, 0.05) is 4.88 Å². The number of nitrogens with zero attached hydrogens (tertiary/aromatic N) is 2. The Hall–Kier alpha value is -1.65. The van der Waals surface area contributed by atoms with E-state index in [0.29, 0.717) is 5.88 Å². The van der Waals surface area contributed by atoms with Crippen molar-refractivity contribution in [1.29, 1.82) is 0 Å². The normalized spacial score (nSPS) is 13.6. The predicted molar refractivity (Wildman–Crippen MR) is 85.7 cm³/mol. The summed E-state index contributed by atoms with van der Waals surface area (Å²) in [5, 5.41) is 1.14. The molecule has 4 rings (SSSR count). The minimum Gasteiger partial charge on any atom is -0.438 e. The van der Waals surface area contributed by atoms with Crippen LogP contribution in [0.5, 0.6) is 11.6 Å². The molecule has 0 amide bonds. The zero-order valence-electron chi connectivity index (χ0n) is 11.5. The first-order chi connectivity index (χ1) is 10.2. The Labute approximate surface area is 131 Å². The van der Waals surface area contributed by atoms with Crippen LogP contribution in [0.1, 0.15) is 22.4 Å². The monoisotopic (exact) mass is 316 g/mol. The van der Waals surface area contributed by atoms with Crippen LogP contribution in [-0.2, 0) is 12.8 Å². The van der Waals surface area contributed by atoms with E-state index in [4.69, 9.17) is 16.3 Å². The van der Waals surface area contributed by atoms with Gasteiger partial charge < -0.3 is 4.74 Å². The van der Waals surface area contributed by atoms with Crippen LogP contribution in [0.3, 0.4) is 0 Å². The van der Waals surface area contributed by atoms with Gasteiger partial charge >= 0.3 is 0 Å². The first-order valence-corrected chi connectivity index (χ1v) is 8.12. The smallest absolute Gasteiger partial charge is 0.232 e. The number of benzene rings is 1. The van der Waals surface area contributed by atoms with Crippen LogP contribution < -0.4 is 4.74 Å². The van der Waals surface area contributed by atoms with Gasteiger partial charge in [0.1, 0.15) is 10.6 Å². The number of rotatable bonds is 2. The highest BCUT2D eigenvalue weighted by atomic mass is 35.5. The summed E-state index contributed by atoms with van der Waals surface area (Å²) >= 11 is 7.59. The highest BCUT2D eigenvalue weighted by Gasteiger charge is 2.14. The van der Waals surface area contributed by atoms with Crippen molar-refractivity contribution in [3.05, 3.63) is 45.6 Å². The summed E-state index contributed by atoms with van der Waals surface area (Å²) in [5.41, 5.74) is 2.81. The van der Waals surface area contributed by atoms with E-state index in [0.717, 1.165) is 22.4 Å². The maximum absolute atomic E-state index is 6.00. The lowest BCUT2D eigenvalue weighted by Gasteiger charge is -2.08. The summed E-state index contributed by atoms with van der Waals surface area (Å²) in [5.74, 6) is 1.35. The molecule has 1 aliphatic carbocycles. The van der Waals surface area contributed by atoms with Gasteiger partial charge in [-0.25, -0.2) is 4.98 Å². The third-order valence-electron chi connectivity index (χ3n) is 3.74. The second-order valence-corrected chi connectivity index (χ2v) is 6.83. The van der Waals surface area contributed by atoms with Crippen LogP contribution >= 0.6 is 22.9 Å².